The van der Waals surface area contributed by atoms with Crippen LogP contribution in [0.1, 0.15) is 20.8 Å². The van der Waals surface area contributed by atoms with Crippen LogP contribution in [0.5, 0.6) is 0 Å². The predicted molar refractivity (Wildman–Crippen MR) is 31.2 cm³/mol. The lowest BCUT2D eigenvalue weighted by Gasteiger charge is -2.15. The van der Waals surface area contributed by atoms with Crippen LogP contribution in [0.3, 0.4) is 0 Å². The molecule has 0 bridgehead atoms. The van der Waals surface area contributed by atoms with E-state index in [1.807, 2.05) is 0 Å². The molecule has 1 nitrogen and oxygen atoms in total. The van der Waals surface area contributed by atoms with E-state index in [0.717, 1.165) is 0 Å². The molecule has 0 aliphatic carbocycles. The van der Waals surface area contributed by atoms with Crippen LogP contribution in [0, 0.1) is 5.41 Å². The summed E-state index contributed by atoms with van der Waals surface area (Å²) in [7, 11) is 4.81. The molecule has 0 spiro atoms. The third-order valence-corrected chi connectivity index (χ3v) is 0.516. The van der Waals surface area contributed by atoms with E-state index in [0.29, 0.717) is 6.61 Å². The third kappa shape index (κ3) is 6.02. The average molecular weight is 98.0 g/mol. The molecular formula is C5H11BO. The molecule has 0 aromatic carbocycles. The first-order chi connectivity index (χ1) is 3.06. The van der Waals surface area contributed by atoms with Crippen LogP contribution in [0.4, 0.5) is 0 Å². The lowest BCUT2D eigenvalue weighted by Crippen LogP contribution is -2.12. The van der Waals surface area contributed by atoms with Gasteiger partial charge in [-0.2, -0.15) is 0 Å². The molecule has 0 aromatic heterocycles. The Labute approximate surface area is 46.5 Å². The molecule has 0 unspecified atom stereocenters. The summed E-state index contributed by atoms with van der Waals surface area (Å²) in [6.45, 7) is 6.83. The minimum atomic E-state index is 0.203. The smallest absolute Gasteiger partial charge is 0.282 e. The van der Waals surface area contributed by atoms with Gasteiger partial charge in [0, 0.05) is 6.61 Å². The van der Waals surface area contributed by atoms with Crippen molar-refractivity contribution >= 4 is 8.05 Å². The first-order valence-electron chi connectivity index (χ1n) is 2.38. The zero-order valence-corrected chi connectivity index (χ0v) is 5.19. The van der Waals surface area contributed by atoms with Gasteiger partial charge in [-0.15, -0.1) is 0 Å². The normalized spacial score (nSPS) is 11.9. The average Bonchev–Trinajstić information content (AvgIpc) is 1.30. The van der Waals surface area contributed by atoms with Gasteiger partial charge in [-0.25, -0.2) is 0 Å². The second-order valence-electron chi connectivity index (χ2n) is 2.87. The van der Waals surface area contributed by atoms with E-state index >= 15 is 0 Å². The van der Waals surface area contributed by atoms with Crippen LogP contribution in [0.25, 0.3) is 0 Å². The molecule has 0 amide bonds. The molecule has 0 heterocycles. The van der Waals surface area contributed by atoms with E-state index in [2.05, 4.69) is 25.4 Å². The fourth-order valence-electron chi connectivity index (χ4n) is 0.250. The van der Waals surface area contributed by atoms with E-state index in [1.165, 1.54) is 0 Å². The van der Waals surface area contributed by atoms with Crippen LogP contribution in [0.15, 0.2) is 0 Å². The number of rotatable bonds is 1. The minimum absolute atomic E-state index is 0.203. The van der Waals surface area contributed by atoms with E-state index < -0.39 is 0 Å². The summed E-state index contributed by atoms with van der Waals surface area (Å²) < 4.78 is 4.41. The predicted octanol–water partition coefficient (Wildman–Crippen LogP) is 1.13. The standard InChI is InChI=1S/C5H11BO/c1-5(2,3)4-7-6/h4H2,1-3H3. The molecule has 0 fully saturated rings. The minimum Gasteiger partial charge on any atom is -0.447 e. The molecule has 7 heavy (non-hydrogen) atoms. The van der Waals surface area contributed by atoms with E-state index in [-0.39, 0.29) is 5.41 Å². The first-order valence-corrected chi connectivity index (χ1v) is 2.38. The lowest BCUT2D eigenvalue weighted by molar-refractivity contribution is 0.213. The van der Waals surface area contributed by atoms with Crippen molar-refractivity contribution in [3.63, 3.8) is 0 Å². The highest BCUT2D eigenvalue weighted by Gasteiger charge is 2.06. The van der Waals surface area contributed by atoms with Crippen LogP contribution in [-0.4, -0.2) is 14.7 Å². The summed E-state index contributed by atoms with van der Waals surface area (Å²) in [6.07, 6.45) is 0. The van der Waals surface area contributed by atoms with Gasteiger partial charge in [0.15, 0.2) is 0 Å². The highest BCUT2D eigenvalue weighted by Crippen LogP contribution is 2.11. The van der Waals surface area contributed by atoms with Crippen molar-refractivity contribution in [3.05, 3.63) is 0 Å². The Morgan fingerprint density at radius 2 is 1.86 bits per heavy atom. The van der Waals surface area contributed by atoms with Gasteiger partial charge >= 0.3 is 0 Å². The molecule has 0 saturated carbocycles. The molecule has 0 saturated heterocycles. The summed E-state index contributed by atoms with van der Waals surface area (Å²) in [5, 5.41) is 0. The third-order valence-electron chi connectivity index (χ3n) is 0.516. The van der Waals surface area contributed by atoms with Gasteiger partial charge in [-0.05, 0) is 5.41 Å². The summed E-state index contributed by atoms with van der Waals surface area (Å²) in [6, 6.07) is 0. The van der Waals surface area contributed by atoms with Crippen LogP contribution in [0.2, 0.25) is 0 Å². The Balaban J connectivity index is 3.15. The van der Waals surface area contributed by atoms with Crippen LogP contribution in [-0.2, 0) is 4.65 Å². The van der Waals surface area contributed by atoms with Crippen molar-refractivity contribution in [1.82, 2.24) is 0 Å². The highest BCUT2D eigenvalue weighted by molar-refractivity contribution is 5.97. The molecule has 0 atom stereocenters. The zero-order chi connectivity index (χ0) is 5.91. The molecule has 0 N–H and O–H groups in total. The van der Waals surface area contributed by atoms with Gasteiger partial charge in [0.25, 0.3) is 8.05 Å². The number of hydrogen-bond acceptors (Lipinski definition) is 1. The Morgan fingerprint density at radius 3 is 1.86 bits per heavy atom. The summed E-state index contributed by atoms with van der Waals surface area (Å²) in [5.74, 6) is 0. The Bertz CT molecular complexity index is 46.5. The van der Waals surface area contributed by atoms with Crippen molar-refractivity contribution in [2.45, 2.75) is 20.8 Å². The van der Waals surface area contributed by atoms with Crippen molar-refractivity contribution in [2.75, 3.05) is 6.61 Å². The molecule has 0 aliphatic heterocycles. The topological polar surface area (TPSA) is 9.23 Å². The summed E-state index contributed by atoms with van der Waals surface area (Å²) >= 11 is 0. The van der Waals surface area contributed by atoms with Crippen molar-refractivity contribution in [2.24, 2.45) is 5.41 Å². The maximum atomic E-state index is 4.81. The molecular weight excluding hydrogens is 86.9 g/mol. The fraction of sp³-hybridized carbons (Fsp3) is 1.00. The van der Waals surface area contributed by atoms with Gasteiger partial charge in [0.05, 0.1) is 0 Å². The Kier molecular flexibility index (Phi) is 2.37. The number of hydrogen-bond donors (Lipinski definition) is 0. The molecule has 0 aromatic rings. The maximum Gasteiger partial charge on any atom is 0.282 e. The molecule has 0 aliphatic rings. The second-order valence-corrected chi connectivity index (χ2v) is 2.87. The van der Waals surface area contributed by atoms with E-state index in [1.54, 1.807) is 0 Å². The van der Waals surface area contributed by atoms with Crippen LogP contribution < -0.4 is 0 Å². The molecule has 40 valence electrons. The fourth-order valence-corrected chi connectivity index (χ4v) is 0.250. The lowest BCUT2D eigenvalue weighted by atomic mass is 9.98. The maximum absolute atomic E-state index is 4.81. The molecule has 2 heteroatoms. The Morgan fingerprint density at radius 1 is 1.43 bits per heavy atom. The zero-order valence-electron chi connectivity index (χ0n) is 5.19. The summed E-state index contributed by atoms with van der Waals surface area (Å²) in [4.78, 5) is 0. The van der Waals surface area contributed by atoms with E-state index in [4.69, 9.17) is 8.05 Å². The van der Waals surface area contributed by atoms with Gasteiger partial charge in [-0.1, -0.05) is 20.8 Å². The molecule has 2 radical (unpaired) electrons. The highest BCUT2D eigenvalue weighted by atomic mass is 16.4. The first kappa shape index (κ1) is 7.02. The van der Waals surface area contributed by atoms with E-state index in [9.17, 15) is 0 Å². The van der Waals surface area contributed by atoms with Gasteiger partial charge in [0.2, 0.25) is 0 Å². The summed E-state index contributed by atoms with van der Waals surface area (Å²) in [5.41, 5.74) is 0.203. The second kappa shape index (κ2) is 2.36. The van der Waals surface area contributed by atoms with Gasteiger partial charge in [-0.3, -0.25) is 0 Å². The van der Waals surface area contributed by atoms with Crippen molar-refractivity contribution < 1.29 is 4.65 Å². The monoisotopic (exact) mass is 98.1 g/mol. The largest absolute Gasteiger partial charge is 0.447 e. The molecule has 0 rings (SSSR count). The van der Waals surface area contributed by atoms with Crippen molar-refractivity contribution in [3.8, 4) is 0 Å². The van der Waals surface area contributed by atoms with Crippen LogP contribution >= 0.6 is 0 Å². The van der Waals surface area contributed by atoms with Gasteiger partial charge in [0.1, 0.15) is 0 Å². The quantitative estimate of drug-likeness (QED) is 0.446. The Hall–Kier alpha value is 0.0249. The SMILES string of the molecule is [B]OCC(C)(C)C. The van der Waals surface area contributed by atoms with Gasteiger partial charge < -0.3 is 4.65 Å². The van der Waals surface area contributed by atoms with Crippen molar-refractivity contribution in [1.29, 1.82) is 0 Å².